The smallest absolute Gasteiger partial charge is 0.239 e. The van der Waals surface area contributed by atoms with Crippen LogP contribution in [0.15, 0.2) is 0 Å². The molecule has 2 heterocycles. The molecule has 2 saturated heterocycles. The Labute approximate surface area is 108 Å². The quantitative estimate of drug-likeness (QED) is 0.749. The molecule has 0 spiro atoms. The summed E-state index contributed by atoms with van der Waals surface area (Å²) < 4.78 is 0. The molecular formula is C13H23N3O2. The van der Waals surface area contributed by atoms with Gasteiger partial charge in [0.15, 0.2) is 0 Å². The number of carbonyl (C=O) groups excluding carboxylic acids is 2. The Kier molecular flexibility index (Phi) is 4.22. The van der Waals surface area contributed by atoms with Gasteiger partial charge in [-0.15, -0.1) is 0 Å². The predicted molar refractivity (Wildman–Crippen MR) is 68.7 cm³/mol. The van der Waals surface area contributed by atoms with Crippen LogP contribution in [0.5, 0.6) is 0 Å². The van der Waals surface area contributed by atoms with Gasteiger partial charge in [0, 0.05) is 13.1 Å². The van der Waals surface area contributed by atoms with Crippen LogP contribution in [0.3, 0.4) is 0 Å². The Hall–Kier alpha value is -1.10. The van der Waals surface area contributed by atoms with Gasteiger partial charge in [0.1, 0.15) is 0 Å². The van der Waals surface area contributed by atoms with Gasteiger partial charge in [-0.2, -0.15) is 0 Å². The lowest BCUT2D eigenvalue weighted by Gasteiger charge is -2.31. The Balaban J connectivity index is 1.89. The number of rotatable bonds is 3. The van der Waals surface area contributed by atoms with Crippen LogP contribution in [0.25, 0.3) is 0 Å². The first-order chi connectivity index (χ1) is 8.61. The molecule has 2 rings (SSSR count). The van der Waals surface area contributed by atoms with E-state index >= 15 is 0 Å². The van der Waals surface area contributed by atoms with Crippen molar-refractivity contribution in [2.45, 2.75) is 38.6 Å². The molecule has 3 atom stereocenters. The molecule has 0 bridgehead atoms. The van der Waals surface area contributed by atoms with Gasteiger partial charge in [-0.1, -0.05) is 13.3 Å². The van der Waals surface area contributed by atoms with Crippen LogP contribution in [-0.4, -0.2) is 42.4 Å². The van der Waals surface area contributed by atoms with Crippen molar-refractivity contribution >= 4 is 11.8 Å². The second-order valence-electron chi connectivity index (χ2n) is 5.48. The van der Waals surface area contributed by atoms with Gasteiger partial charge in [-0.05, 0) is 31.7 Å². The largest absolute Gasteiger partial charge is 0.369 e. The molecule has 3 unspecified atom stereocenters. The number of nitrogens with one attached hydrogen (secondary N) is 1. The SMILES string of the molecule is CCC1CCNC(C(=O)N2CCC(C(N)=O)C2)C1. The van der Waals surface area contributed by atoms with Crippen molar-refractivity contribution in [3.63, 3.8) is 0 Å². The first-order valence-electron chi connectivity index (χ1n) is 6.93. The van der Waals surface area contributed by atoms with E-state index in [0.29, 0.717) is 25.4 Å². The maximum absolute atomic E-state index is 12.3. The lowest BCUT2D eigenvalue weighted by molar-refractivity contribution is -0.133. The molecule has 0 aromatic heterocycles. The highest BCUT2D eigenvalue weighted by Crippen LogP contribution is 2.23. The topological polar surface area (TPSA) is 75.4 Å². The second-order valence-corrected chi connectivity index (χ2v) is 5.48. The highest BCUT2D eigenvalue weighted by Gasteiger charge is 2.34. The highest BCUT2D eigenvalue weighted by molar-refractivity contribution is 5.84. The van der Waals surface area contributed by atoms with Crippen molar-refractivity contribution in [3.05, 3.63) is 0 Å². The minimum Gasteiger partial charge on any atom is -0.369 e. The van der Waals surface area contributed by atoms with Crippen LogP contribution in [0.2, 0.25) is 0 Å². The second kappa shape index (κ2) is 5.69. The van der Waals surface area contributed by atoms with E-state index in [4.69, 9.17) is 5.73 Å². The van der Waals surface area contributed by atoms with E-state index in [0.717, 1.165) is 25.8 Å². The van der Waals surface area contributed by atoms with E-state index in [9.17, 15) is 9.59 Å². The Morgan fingerprint density at radius 1 is 1.39 bits per heavy atom. The summed E-state index contributed by atoms with van der Waals surface area (Å²) in [6.07, 6.45) is 3.93. The molecule has 2 aliphatic heterocycles. The molecular weight excluding hydrogens is 230 g/mol. The fraction of sp³-hybridized carbons (Fsp3) is 0.846. The number of nitrogens with two attached hydrogens (primary N) is 1. The molecule has 0 saturated carbocycles. The molecule has 5 heteroatoms. The van der Waals surface area contributed by atoms with Gasteiger partial charge in [0.25, 0.3) is 0 Å². The van der Waals surface area contributed by atoms with E-state index < -0.39 is 0 Å². The van der Waals surface area contributed by atoms with Crippen LogP contribution in [0, 0.1) is 11.8 Å². The first kappa shape index (κ1) is 13.3. The third-order valence-electron chi connectivity index (χ3n) is 4.29. The number of hydrogen-bond acceptors (Lipinski definition) is 3. The van der Waals surface area contributed by atoms with Crippen LogP contribution in [0.4, 0.5) is 0 Å². The number of carbonyl (C=O) groups is 2. The highest BCUT2D eigenvalue weighted by atomic mass is 16.2. The zero-order valence-corrected chi connectivity index (χ0v) is 11.0. The summed E-state index contributed by atoms with van der Waals surface area (Å²) in [5, 5.41) is 3.30. The van der Waals surface area contributed by atoms with Crippen molar-refractivity contribution in [2.24, 2.45) is 17.6 Å². The molecule has 102 valence electrons. The number of amides is 2. The monoisotopic (exact) mass is 253 g/mol. The van der Waals surface area contributed by atoms with Crippen molar-refractivity contribution in [3.8, 4) is 0 Å². The van der Waals surface area contributed by atoms with Crippen LogP contribution in [-0.2, 0) is 9.59 Å². The summed E-state index contributed by atoms with van der Waals surface area (Å²) in [7, 11) is 0. The molecule has 2 fully saturated rings. The zero-order valence-electron chi connectivity index (χ0n) is 11.0. The molecule has 5 nitrogen and oxygen atoms in total. The van der Waals surface area contributed by atoms with E-state index in [2.05, 4.69) is 12.2 Å². The summed E-state index contributed by atoms with van der Waals surface area (Å²) >= 11 is 0. The van der Waals surface area contributed by atoms with Gasteiger partial charge in [-0.3, -0.25) is 9.59 Å². The molecule has 0 radical (unpaired) electrons. The normalized spacial score (nSPS) is 32.5. The summed E-state index contributed by atoms with van der Waals surface area (Å²) in [6, 6.07) is -0.0599. The average Bonchev–Trinajstić information content (AvgIpc) is 2.87. The summed E-state index contributed by atoms with van der Waals surface area (Å²) in [5.41, 5.74) is 5.29. The number of nitrogens with zero attached hydrogens (tertiary/aromatic N) is 1. The number of primary amides is 1. The van der Waals surface area contributed by atoms with E-state index in [1.54, 1.807) is 4.90 Å². The van der Waals surface area contributed by atoms with Gasteiger partial charge in [-0.25, -0.2) is 0 Å². The van der Waals surface area contributed by atoms with E-state index in [1.165, 1.54) is 0 Å². The summed E-state index contributed by atoms with van der Waals surface area (Å²) in [4.78, 5) is 25.3. The standard InChI is InChI=1S/C13H23N3O2/c1-2-9-3-5-15-11(7-9)13(18)16-6-4-10(8-16)12(14)17/h9-11,15H,2-8H2,1H3,(H2,14,17). The van der Waals surface area contributed by atoms with Crippen LogP contribution >= 0.6 is 0 Å². The lowest BCUT2D eigenvalue weighted by atomic mass is 9.90. The number of piperidine rings is 1. The molecule has 3 N–H and O–H groups in total. The Morgan fingerprint density at radius 2 is 2.17 bits per heavy atom. The number of likely N-dealkylation sites (tertiary alicyclic amines) is 1. The summed E-state index contributed by atoms with van der Waals surface area (Å²) in [6.45, 7) is 4.27. The maximum Gasteiger partial charge on any atom is 0.239 e. The lowest BCUT2D eigenvalue weighted by Crippen LogP contribution is -2.49. The third-order valence-corrected chi connectivity index (χ3v) is 4.29. The minimum absolute atomic E-state index is 0.0599. The fourth-order valence-corrected chi connectivity index (χ4v) is 2.97. The van der Waals surface area contributed by atoms with Gasteiger partial charge >= 0.3 is 0 Å². The molecule has 2 amide bonds. The first-order valence-corrected chi connectivity index (χ1v) is 6.93. The molecule has 2 aliphatic rings. The Morgan fingerprint density at radius 3 is 2.78 bits per heavy atom. The molecule has 0 aromatic rings. The van der Waals surface area contributed by atoms with Crippen molar-refractivity contribution < 1.29 is 9.59 Å². The molecule has 18 heavy (non-hydrogen) atoms. The number of hydrogen-bond donors (Lipinski definition) is 2. The summed E-state index contributed by atoms with van der Waals surface area (Å²) in [5.74, 6) is 0.361. The van der Waals surface area contributed by atoms with Crippen LogP contribution < -0.4 is 11.1 Å². The van der Waals surface area contributed by atoms with Crippen molar-refractivity contribution in [1.29, 1.82) is 0 Å². The fourth-order valence-electron chi connectivity index (χ4n) is 2.97. The van der Waals surface area contributed by atoms with Crippen molar-refractivity contribution in [1.82, 2.24) is 10.2 Å². The average molecular weight is 253 g/mol. The van der Waals surface area contributed by atoms with E-state index in [-0.39, 0.29) is 23.8 Å². The van der Waals surface area contributed by atoms with Gasteiger partial charge in [0.05, 0.1) is 12.0 Å². The maximum atomic E-state index is 12.3. The zero-order chi connectivity index (χ0) is 13.1. The third kappa shape index (κ3) is 2.83. The molecule has 0 aliphatic carbocycles. The van der Waals surface area contributed by atoms with Gasteiger partial charge < -0.3 is 16.0 Å². The van der Waals surface area contributed by atoms with Gasteiger partial charge in [0.2, 0.25) is 11.8 Å². The van der Waals surface area contributed by atoms with E-state index in [1.807, 2.05) is 0 Å². The van der Waals surface area contributed by atoms with Crippen molar-refractivity contribution in [2.75, 3.05) is 19.6 Å². The van der Waals surface area contributed by atoms with Crippen LogP contribution in [0.1, 0.15) is 32.6 Å². The predicted octanol–water partition coefficient (Wildman–Crippen LogP) is 0.0984. The minimum atomic E-state index is -0.284. The molecule has 0 aromatic carbocycles. The Bertz CT molecular complexity index is 332.